The summed E-state index contributed by atoms with van der Waals surface area (Å²) in [5.74, 6) is 0.746. The molecule has 1 heterocycles. The lowest BCUT2D eigenvalue weighted by Crippen LogP contribution is -2.11. The highest BCUT2D eigenvalue weighted by molar-refractivity contribution is 9.10. The van der Waals surface area contributed by atoms with Gasteiger partial charge in [0.15, 0.2) is 0 Å². The normalized spacial score (nSPS) is 11.7. The summed E-state index contributed by atoms with van der Waals surface area (Å²) < 4.78 is 9.25. The first-order valence-electron chi connectivity index (χ1n) is 8.60. The summed E-state index contributed by atoms with van der Waals surface area (Å²) in [6, 6.07) is 16.0. The first-order chi connectivity index (χ1) is 12.7. The molecule has 0 N–H and O–H groups in total. The SMILES string of the molecule is CCCC(c1ccc(C#N)cc1OCc1cccc(Br)c1)n1ccnc1. The van der Waals surface area contributed by atoms with Crippen LogP contribution in [0.15, 0.2) is 65.7 Å². The molecule has 0 spiro atoms. The zero-order valence-corrected chi connectivity index (χ0v) is 16.2. The maximum Gasteiger partial charge on any atom is 0.126 e. The maximum absolute atomic E-state index is 9.27. The Morgan fingerprint density at radius 3 is 2.85 bits per heavy atom. The van der Waals surface area contributed by atoms with Crippen molar-refractivity contribution in [1.82, 2.24) is 9.55 Å². The molecule has 0 fully saturated rings. The number of hydrogen-bond acceptors (Lipinski definition) is 3. The van der Waals surface area contributed by atoms with E-state index in [9.17, 15) is 5.26 Å². The van der Waals surface area contributed by atoms with Crippen LogP contribution >= 0.6 is 15.9 Å². The van der Waals surface area contributed by atoms with Crippen LogP contribution in [0.3, 0.4) is 0 Å². The van der Waals surface area contributed by atoms with Gasteiger partial charge in [0.05, 0.1) is 24.0 Å². The summed E-state index contributed by atoms with van der Waals surface area (Å²) in [5.41, 5.74) is 2.74. The Bertz CT molecular complexity index is 900. The number of hydrogen-bond donors (Lipinski definition) is 0. The number of benzene rings is 2. The van der Waals surface area contributed by atoms with Crippen LogP contribution in [0.25, 0.3) is 0 Å². The predicted molar refractivity (Wildman–Crippen MR) is 105 cm³/mol. The summed E-state index contributed by atoms with van der Waals surface area (Å²) in [4.78, 5) is 4.18. The summed E-state index contributed by atoms with van der Waals surface area (Å²) in [6.07, 6.45) is 7.59. The summed E-state index contributed by atoms with van der Waals surface area (Å²) in [6.45, 7) is 2.61. The Hall–Kier alpha value is -2.58. The van der Waals surface area contributed by atoms with Gasteiger partial charge in [0.1, 0.15) is 12.4 Å². The fraction of sp³-hybridized carbons (Fsp3) is 0.238. The summed E-state index contributed by atoms with van der Waals surface area (Å²) in [5, 5.41) is 9.27. The van der Waals surface area contributed by atoms with Crippen molar-refractivity contribution in [1.29, 1.82) is 5.26 Å². The van der Waals surface area contributed by atoms with Crippen LogP contribution in [0.1, 0.15) is 42.5 Å². The molecule has 1 aromatic heterocycles. The lowest BCUT2D eigenvalue weighted by Gasteiger charge is -2.22. The Morgan fingerprint density at radius 1 is 1.27 bits per heavy atom. The minimum atomic E-state index is 0.132. The first-order valence-corrected chi connectivity index (χ1v) is 9.39. The molecule has 0 aliphatic carbocycles. The molecular weight excluding hydrogens is 390 g/mol. The Labute approximate surface area is 162 Å². The van der Waals surface area contributed by atoms with Gasteiger partial charge >= 0.3 is 0 Å². The molecule has 2 aromatic carbocycles. The molecule has 1 atom stereocenters. The van der Waals surface area contributed by atoms with E-state index in [2.05, 4.69) is 38.5 Å². The third-order valence-electron chi connectivity index (χ3n) is 4.23. The smallest absolute Gasteiger partial charge is 0.126 e. The second-order valence-corrected chi connectivity index (χ2v) is 7.01. The fourth-order valence-corrected chi connectivity index (χ4v) is 3.43. The first kappa shape index (κ1) is 18.2. The van der Waals surface area contributed by atoms with Crippen molar-refractivity contribution in [2.75, 3.05) is 0 Å². The van der Waals surface area contributed by atoms with E-state index < -0.39 is 0 Å². The van der Waals surface area contributed by atoms with E-state index in [4.69, 9.17) is 4.74 Å². The zero-order valence-electron chi connectivity index (χ0n) is 14.6. The van der Waals surface area contributed by atoms with Crippen molar-refractivity contribution in [3.05, 3.63) is 82.3 Å². The number of nitriles is 1. The fourth-order valence-electron chi connectivity index (χ4n) is 2.98. The van der Waals surface area contributed by atoms with Gasteiger partial charge in [0.25, 0.3) is 0 Å². The van der Waals surface area contributed by atoms with Crippen LogP contribution in [0.4, 0.5) is 0 Å². The molecule has 4 nitrogen and oxygen atoms in total. The van der Waals surface area contributed by atoms with E-state index >= 15 is 0 Å². The van der Waals surface area contributed by atoms with E-state index in [0.717, 1.165) is 34.2 Å². The molecular formula is C21H20BrN3O. The third kappa shape index (κ3) is 4.33. The van der Waals surface area contributed by atoms with Gasteiger partial charge in [-0.15, -0.1) is 0 Å². The molecule has 0 aliphatic rings. The van der Waals surface area contributed by atoms with Crippen molar-refractivity contribution in [3.8, 4) is 11.8 Å². The van der Waals surface area contributed by atoms with Crippen LogP contribution in [0.5, 0.6) is 5.75 Å². The zero-order chi connectivity index (χ0) is 18.4. The molecule has 3 rings (SSSR count). The average molecular weight is 410 g/mol. The molecule has 3 aromatic rings. The van der Waals surface area contributed by atoms with Crippen LogP contribution in [0, 0.1) is 11.3 Å². The number of halogens is 1. The molecule has 0 saturated carbocycles. The Kier molecular flexibility index (Phi) is 6.08. The van der Waals surface area contributed by atoms with Crippen LogP contribution in [-0.4, -0.2) is 9.55 Å². The van der Waals surface area contributed by atoms with E-state index in [1.165, 1.54) is 0 Å². The minimum absolute atomic E-state index is 0.132. The highest BCUT2D eigenvalue weighted by Crippen LogP contribution is 2.33. The monoisotopic (exact) mass is 409 g/mol. The van der Waals surface area contributed by atoms with Crippen LogP contribution in [-0.2, 0) is 6.61 Å². The average Bonchev–Trinajstić information content (AvgIpc) is 3.19. The lowest BCUT2D eigenvalue weighted by molar-refractivity contribution is 0.298. The molecule has 0 saturated heterocycles. The molecule has 132 valence electrons. The van der Waals surface area contributed by atoms with Gasteiger partial charge in [-0.1, -0.05) is 47.5 Å². The molecule has 26 heavy (non-hydrogen) atoms. The number of aromatic nitrogens is 2. The van der Waals surface area contributed by atoms with Crippen molar-refractivity contribution in [3.63, 3.8) is 0 Å². The largest absolute Gasteiger partial charge is 0.488 e. The van der Waals surface area contributed by atoms with Crippen molar-refractivity contribution in [2.45, 2.75) is 32.4 Å². The maximum atomic E-state index is 9.27. The van der Waals surface area contributed by atoms with Crippen molar-refractivity contribution >= 4 is 15.9 Å². The number of nitrogens with zero attached hydrogens (tertiary/aromatic N) is 3. The van der Waals surface area contributed by atoms with Crippen LogP contribution in [0.2, 0.25) is 0 Å². The summed E-state index contributed by atoms with van der Waals surface area (Å²) in [7, 11) is 0. The Balaban J connectivity index is 1.93. The number of rotatable bonds is 7. The minimum Gasteiger partial charge on any atom is -0.488 e. The second kappa shape index (κ2) is 8.68. The molecule has 5 heteroatoms. The standard InChI is InChI=1S/C21H20BrN3O/c1-2-4-20(25-10-9-24-15-25)19-8-7-16(13-23)12-21(19)26-14-17-5-3-6-18(22)11-17/h3,5-12,15,20H,2,4,14H2,1H3. The summed E-state index contributed by atoms with van der Waals surface area (Å²) >= 11 is 3.49. The highest BCUT2D eigenvalue weighted by Gasteiger charge is 2.18. The van der Waals surface area contributed by atoms with Gasteiger partial charge < -0.3 is 9.30 Å². The van der Waals surface area contributed by atoms with Gasteiger partial charge in [-0.25, -0.2) is 4.98 Å². The van der Waals surface area contributed by atoms with E-state index in [1.807, 2.05) is 55.0 Å². The lowest BCUT2D eigenvalue weighted by atomic mass is 9.99. The number of imidazole rings is 1. The van der Waals surface area contributed by atoms with E-state index in [0.29, 0.717) is 12.2 Å². The molecule has 0 radical (unpaired) electrons. The van der Waals surface area contributed by atoms with Crippen molar-refractivity contribution < 1.29 is 4.74 Å². The highest BCUT2D eigenvalue weighted by atomic mass is 79.9. The van der Waals surface area contributed by atoms with Crippen LogP contribution < -0.4 is 4.74 Å². The second-order valence-electron chi connectivity index (χ2n) is 6.10. The molecule has 0 aliphatic heterocycles. The van der Waals surface area contributed by atoms with Crippen molar-refractivity contribution in [2.24, 2.45) is 0 Å². The quantitative estimate of drug-likeness (QED) is 0.518. The van der Waals surface area contributed by atoms with Gasteiger partial charge in [-0.3, -0.25) is 0 Å². The van der Waals surface area contributed by atoms with E-state index in [-0.39, 0.29) is 6.04 Å². The number of ether oxygens (including phenoxy) is 1. The van der Waals surface area contributed by atoms with E-state index in [1.54, 1.807) is 6.20 Å². The van der Waals surface area contributed by atoms with Gasteiger partial charge in [-0.2, -0.15) is 5.26 Å². The third-order valence-corrected chi connectivity index (χ3v) is 4.73. The Morgan fingerprint density at radius 2 is 2.15 bits per heavy atom. The van der Waals surface area contributed by atoms with Gasteiger partial charge in [0.2, 0.25) is 0 Å². The topological polar surface area (TPSA) is 50.8 Å². The van der Waals surface area contributed by atoms with Gasteiger partial charge in [-0.05, 0) is 36.2 Å². The molecule has 1 unspecified atom stereocenters. The predicted octanol–water partition coefficient (Wildman–Crippen LogP) is 5.49. The molecule has 0 bridgehead atoms. The molecule has 0 amide bonds. The van der Waals surface area contributed by atoms with Gasteiger partial charge in [0, 0.05) is 22.4 Å².